The van der Waals surface area contributed by atoms with Crippen molar-refractivity contribution in [3.8, 4) is 0 Å². The highest BCUT2D eigenvalue weighted by atomic mass is 16.2. The Morgan fingerprint density at radius 3 is 2.65 bits per heavy atom. The number of amides is 1. The summed E-state index contributed by atoms with van der Waals surface area (Å²) in [6.07, 6.45) is 0.350. The summed E-state index contributed by atoms with van der Waals surface area (Å²) in [4.78, 5) is 26.7. The van der Waals surface area contributed by atoms with Crippen LogP contribution < -0.4 is 11.0 Å². The van der Waals surface area contributed by atoms with Crippen LogP contribution in [0.25, 0.3) is 11.0 Å². The first-order valence-corrected chi connectivity index (χ1v) is 7.63. The number of H-pyrrole nitrogens is 1. The summed E-state index contributed by atoms with van der Waals surface area (Å²) in [5, 5.41) is 2.86. The number of carbonyl (C=O) groups excluding carboxylic acids is 1. The van der Waals surface area contributed by atoms with Gasteiger partial charge in [-0.25, -0.2) is 4.79 Å². The number of rotatable bonds is 5. The van der Waals surface area contributed by atoms with Gasteiger partial charge in [0.05, 0.1) is 17.5 Å². The number of fused-ring (bicyclic) bond motifs is 1. The van der Waals surface area contributed by atoms with E-state index in [-0.39, 0.29) is 11.6 Å². The summed E-state index contributed by atoms with van der Waals surface area (Å²) in [5.74, 6) is -0.0401. The number of nitrogens with zero attached hydrogens (tertiary/aromatic N) is 1. The van der Waals surface area contributed by atoms with Gasteiger partial charge in [-0.05, 0) is 24.6 Å². The van der Waals surface area contributed by atoms with Gasteiger partial charge in [-0.3, -0.25) is 9.36 Å². The van der Waals surface area contributed by atoms with Crippen molar-refractivity contribution in [2.24, 2.45) is 0 Å². The SMILES string of the molecule is Cc1ccc(CC(=O)NCCn2c(=O)[nH]c3ccccc32)cc1. The molecule has 2 N–H and O–H groups in total. The van der Waals surface area contributed by atoms with Crippen molar-refractivity contribution >= 4 is 16.9 Å². The number of aromatic amines is 1. The average Bonchev–Trinajstić information content (AvgIpc) is 2.86. The number of imidazole rings is 1. The van der Waals surface area contributed by atoms with E-state index in [0.29, 0.717) is 19.5 Å². The van der Waals surface area contributed by atoms with E-state index in [2.05, 4.69) is 10.3 Å². The lowest BCUT2D eigenvalue weighted by Crippen LogP contribution is -2.31. The molecule has 0 bridgehead atoms. The molecule has 23 heavy (non-hydrogen) atoms. The molecule has 0 saturated heterocycles. The normalized spacial score (nSPS) is 10.8. The summed E-state index contributed by atoms with van der Waals surface area (Å²) in [5.41, 5.74) is 3.66. The summed E-state index contributed by atoms with van der Waals surface area (Å²) in [6, 6.07) is 15.4. The van der Waals surface area contributed by atoms with Gasteiger partial charge in [0, 0.05) is 13.1 Å². The highest BCUT2D eigenvalue weighted by Crippen LogP contribution is 2.08. The Morgan fingerprint density at radius 1 is 1.13 bits per heavy atom. The van der Waals surface area contributed by atoms with Gasteiger partial charge in [0.1, 0.15) is 0 Å². The van der Waals surface area contributed by atoms with Gasteiger partial charge in [0.15, 0.2) is 0 Å². The predicted octanol–water partition coefficient (Wildman–Crippen LogP) is 2.00. The molecular weight excluding hydrogens is 290 g/mol. The van der Waals surface area contributed by atoms with Crippen LogP contribution in [0.3, 0.4) is 0 Å². The zero-order valence-electron chi connectivity index (χ0n) is 13.0. The first-order valence-electron chi connectivity index (χ1n) is 7.63. The van der Waals surface area contributed by atoms with Crippen LogP contribution in [-0.2, 0) is 17.8 Å². The molecule has 1 amide bonds. The summed E-state index contributed by atoms with van der Waals surface area (Å²) in [6.45, 7) is 2.89. The molecule has 0 aliphatic carbocycles. The minimum absolute atomic E-state index is 0.0401. The molecule has 0 aliphatic heterocycles. The van der Waals surface area contributed by atoms with Crippen molar-refractivity contribution in [2.75, 3.05) is 6.54 Å². The lowest BCUT2D eigenvalue weighted by molar-refractivity contribution is -0.120. The van der Waals surface area contributed by atoms with E-state index in [4.69, 9.17) is 0 Å². The van der Waals surface area contributed by atoms with Gasteiger partial charge in [-0.1, -0.05) is 42.0 Å². The maximum atomic E-state index is 12.0. The van der Waals surface area contributed by atoms with Crippen molar-refractivity contribution < 1.29 is 4.79 Å². The molecule has 0 atom stereocenters. The Hall–Kier alpha value is -2.82. The highest BCUT2D eigenvalue weighted by molar-refractivity contribution is 5.78. The maximum Gasteiger partial charge on any atom is 0.326 e. The summed E-state index contributed by atoms with van der Waals surface area (Å²) >= 11 is 0. The molecule has 1 aromatic heterocycles. The van der Waals surface area contributed by atoms with Crippen molar-refractivity contribution in [3.05, 3.63) is 70.1 Å². The predicted molar refractivity (Wildman–Crippen MR) is 90.5 cm³/mol. The Bertz CT molecular complexity index is 875. The number of hydrogen-bond acceptors (Lipinski definition) is 2. The van der Waals surface area contributed by atoms with E-state index in [1.54, 1.807) is 4.57 Å². The molecule has 3 aromatic rings. The molecule has 5 nitrogen and oxygen atoms in total. The molecule has 3 rings (SSSR count). The van der Waals surface area contributed by atoms with E-state index in [1.807, 2.05) is 55.5 Å². The van der Waals surface area contributed by atoms with Crippen LogP contribution in [0.5, 0.6) is 0 Å². The van der Waals surface area contributed by atoms with E-state index < -0.39 is 0 Å². The van der Waals surface area contributed by atoms with E-state index in [1.165, 1.54) is 5.56 Å². The largest absolute Gasteiger partial charge is 0.354 e. The molecule has 0 fully saturated rings. The van der Waals surface area contributed by atoms with Gasteiger partial charge >= 0.3 is 5.69 Å². The quantitative estimate of drug-likeness (QED) is 0.757. The number of para-hydroxylation sites is 2. The van der Waals surface area contributed by atoms with Gasteiger partial charge in [0.2, 0.25) is 5.91 Å². The molecule has 0 radical (unpaired) electrons. The van der Waals surface area contributed by atoms with Crippen LogP contribution in [0.4, 0.5) is 0 Å². The second-order valence-electron chi connectivity index (χ2n) is 5.61. The summed E-state index contributed by atoms with van der Waals surface area (Å²) < 4.78 is 1.64. The first kappa shape index (κ1) is 15.1. The summed E-state index contributed by atoms with van der Waals surface area (Å²) in [7, 11) is 0. The average molecular weight is 309 g/mol. The minimum Gasteiger partial charge on any atom is -0.354 e. The molecule has 5 heteroatoms. The molecule has 0 saturated carbocycles. The standard InChI is InChI=1S/C18H19N3O2/c1-13-6-8-14(9-7-13)12-17(22)19-10-11-21-16-5-3-2-4-15(16)20-18(21)23/h2-9H,10-12H2,1H3,(H,19,22)(H,20,23). The monoisotopic (exact) mass is 309 g/mol. The number of carbonyl (C=O) groups is 1. The van der Waals surface area contributed by atoms with E-state index in [9.17, 15) is 9.59 Å². The number of aryl methyl sites for hydroxylation is 1. The molecule has 0 unspecified atom stereocenters. The number of aromatic nitrogens is 2. The third-order valence-corrected chi connectivity index (χ3v) is 3.82. The van der Waals surface area contributed by atoms with Crippen LogP contribution >= 0.6 is 0 Å². The van der Waals surface area contributed by atoms with Crippen molar-refractivity contribution in [3.63, 3.8) is 0 Å². The molecular formula is C18H19N3O2. The van der Waals surface area contributed by atoms with E-state index in [0.717, 1.165) is 16.6 Å². The number of benzene rings is 2. The Labute approximate surface area is 134 Å². The van der Waals surface area contributed by atoms with Crippen LogP contribution in [0.1, 0.15) is 11.1 Å². The topological polar surface area (TPSA) is 66.9 Å². The van der Waals surface area contributed by atoms with Crippen LogP contribution in [0.2, 0.25) is 0 Å². The van der Waals surface area contributed by atoms with Crippen LogP contribution in [0, 0.1) is 6.92 Å². The second kappa shape index (κ2) is 6.52. The Kier molecular flexibility index (Phi) is 4.28. The fourth-order valence-corrected chi connectivity index (χ4v) is 2.59. The molecule has 0 spiro atoms. The zero-order valence-corrected chi connectivity index (χ0v) is 13.0. The molecule has 118 valence electrons. The first-order chi connectivity index (χ1) is 11.1. The Balaban J connectivity index is 1.58. The highest BCUT2D eigenvalue weighted by Gasteiger charge is 2.07. The van der Waals surface area contributed by atoms with Gasteiger partial charge in [0.25, 0.3) is 0 Å². The van der Waals surface area contributed by atoms with Crippen molar-refractivity contribution in [1.82, 2.24) is 14.9 Å². The van der Waals surface area contributed by atoms with Crippen molar-refractivity contribution in [1.29, 1.82) is 0 Å². The van der Waals surface area contributed by atoms with Crippen molar-refractivity contribution in [2.45, 2.75) is 19.9 Å². The molecule has 0 aliphatic rings. The molecule has 2 aromatic carbocycles. The number of nitrogens with one attached hydrogen (secondary N) is 2. The van der Waals surface area contributed by atoms with E-state index >= 15 is 0 Å². The second-order valence-corrected chi connectivity index (χ2v) is 5.61. The lowest BCUT2D eigenvalue weighted by atomic mass is 10.1. The smallest absolute Gasteiger partial charge is 0.326 e. The van der Waals surface area contributed by atoms with Gasteiger partial charge in [-0.2, -0.15) is 0 Å². The lowest BCUT2D eigenvalue weighted by Gasteiger charge is -2.07. The fourth-order valence-electron chi connectivity index (χ4n) is 2.59. The third-order valence-electron chi connectivity index (χ3n) is 3.82. The zero-order chi connectivity index (χ0) is 16.2. The minimum atomic E-state index is -0.154. The van der Waals surface area contributed by atoms with Crippen LogP contribution in [0.15, 0.2) is 53.3 Å². The fraction of sp³-hybridized carbons (Fsp3) is 0.222. The third kappa shape index (κ3) is 3.51. The van der Waals surface area contributed by atoms with Crippen LogP contribution in [-0.4, -0.2) is 22.0 Å². The van der Waals surface area contributed by atoms with Gasteiger partial charge in [-0.15, -0.1) is 0 Å². The molecule has 1 heterocycles. The Morgan fingerprint density at radius 2 is 1.87 bits per heavy atom. The van der Waals surface area contributed by atoms with Gasteiger partial charge < -0.3 is 10.3 Å². The number of hydrogen-bond donors (Lipinski definition) is 2. The maximum absolute atomic E-state index is 12.0.